The molecule has 1 atom stereocenters. The maximum atomic E-state index is 14.2. The number of aryl methyl sites for hydroxylation is 1. The van der Waals surface area contributed by atoms with E-state index in [1.54, 1.807) is 0 Å². The van der Waals surface area contributed by atoms with Gasteiger partial charge in [-0.25, -0.2) is 26.5 Å². The second kappa shape index (κ2) is 7.49. The minimum absolute atomic E-state index is 0.0960. The number of anilines is 2. The van der Waals surface area contributed by atoms with Gasteiger partial charge in [0.1, 0.15) is 17.7 Å². The molecular formula is C18H16F5N3O3S. The minimum Gasteiger partial charge on any atom is -0.322 e. The first kappa shape index (κ1) is 21.9. The van der Waals surface area contributed by atoms with Gasteiger partial charge in [0.05, 0.1) is 17.0 Å². The highest BCUT2D eigenvalue weighted by Crippen LogP contribution is 2.35. The molecule has 12 heteroatoms. The third kappa shape index (κ3) is 4.09. The summed E-state index contributed by atoms with van der Waals surface area (Å²) >= 11 is 0. The van der Waals surface area contributed by atoms with E-state index in [2.05, 4.69) is 10.3 Å². The van der Waals surface area contributed by atoms with Gasteiger partial charge in [0.25, 0.3) is 0 Å². The number of hydrogen-bond acceptors (Lipinski definition) is 4. The molecule has 2 heterocycles. The summed E-state index contributed by atoms with van der Waals surface area (Å²) in [5.74, 6) is -3.91. The van der Waals surface area contributed by atoms with Crippen molar-refractivity contribution in [2.24, 2.45) is 0 Å². The van der Waals surface area contributed by atoms with Crippen molar-refractivity contribution in [3.8, 4) is 0 Å². The topological polar surface area (TPSA) is 79.4 Å². The molecule has 1 saturated heterocycles. The zero-order chi connectivity index (χ0) is 22.4. The predicted molar refractivity (Wildman–Crippen MR) is 98.4 cm³/mol. The number of sulfonamides is 1. The molecule has 0 unspecified atom stereocenters. The van der Waals surface area contributed by atoms with Crippen molar-refractivity contribution >= 4 is 27.4 Å². The number of amides is 1. The first-order chi connectivity index (χ1) is 13.8. The molecule has 6 nitrogen and oxygen atoms in total. The lowest BCUT2D eigenvalue weighted by Crippen LogP contribution is -2.42. The second-order valence-electron chi connectivity index (χ2n) is 6.79. The van der Waals surface area contributed by atoms with E-state index >= 15 is 0 Å². The highest BCUT2D eigenvalue weighted by Gasteiger charge is 2.44. The molecule has 1 aliphatic heterocycles. The third-order valence-corrected chi connectivity index (χ3v) is 6.40. The summed E-state index contributed by atoms with van der Waals surface area (Å²) < 4.78 is 92.5. The fourth-order valence-corrected chi connectivity index (χ4v) is 4.80. The maximum Gasteiger partial charge on any atom is 0.416 e. The van der Waals surface area contributed by atoms with E-state index in [1.807, 2.05) is 0 Å². The van der Waals surface area contributed by atoms with Crippen molar-refractivity contribution in [2.45, 2.75) is 32.5 Å². The smallest absolute Gasteiger partial charge is 0.322 e. The number of carbonyl (C=O) groups is 1. The van der Waals surface area contributed by atoms with Crippen molar-refractivity contribution in [3.63, 3.8) is 0 Å². The molecule has 0 bridgehead atoms. The molecule has 0 spiro atoms. The Morgan fingerprint density at radius 3 is 2.50 bits per heavy atom. The van der Waals surface area contributed by atoms with Crippen LogP contribution in [0.5, 0.6) is 0 Å². The Kier molecular flexibility index (Phi) is 5.48. The number of nitrogens with zero attached hydrogens (tertiary/aromatic N) is 2. The van der Waals surface area contributed by atoms with Crippen molar-refractivity contribution in [1.82, 2.24) is 4.98 Å². The SMILES string of the molecule is Cc1cc(C(F)(F)F)cc(N2[C@H](C(=O)Nc3ccc(F)c(C)c3F)CCS2(=O)=O)n1. The Balaban J connectivity index is 1.99. The summed E-state index contributed by atoms with van der Waals surface area (Å²) in [5.41, 5.74) is -1.94. The van der Waals surface area contributed by atoms with Gasteiger partial charge in [-0.1, -0.05) is 0 Å². The van der Waals surface area contributed by atoms with Crippen LogP contribution in [0.4, 0.5) is 33.5 Å². The van der Waals surface area contributed by atoms with Gasteiger partial charge in [-0.05, 0) is 44.5 Å². The number of halogens is 5. The van der Waals surface area contributed by atoms with Crippen molar-refractivity contribution < 1.29 is 35.2 Å². The molecule has 0 aliphatic carbocycles. The van der Waals surface area contributed by atoms with Crippen molar-refractivity contribution in [2.75, 3.05) is 15.4 Å². The summed E-state index contributed by atoms with van der Waals surface area (Å²) in [5, 5.41) is 2.18. The molecule has 1 aromatic heterocycles. The highest BCUT2D eigenvalue weighted by atomic mass is 32.2. The Bertz CT molecular complexity index is 1120. The lowest BCUT2D eigenvalue weighted by molar-refractivity contribution is -0.137. The average molecular weight is 449 g/mol. The largest absolute Gasteiger partial charge is 0.416 e. The number of aromatic nitrogens is 1. The number of pyridine rings is 1. The number of hydrogen-bond donors (Lipinski definition) is 1. The van der Waals surface area contributed by atoms with Crippen LogP contribution in [0.2, 0.25) is 0 Å². The highest BCUT2D eigenvalue weighted by molar-refractivity contribution is 7.93. The number of alkyl halides is 3. The first-order valence-electron chi connectivity index (χ1n) is 8.64. The Hall–Kier alpha value is -2.76. The first-order valence-corrected chi connectivity index (χ1v) is 10.3. The Morgan fingerprint density at radius 1 is 1.20 bits per heavy atom. The second-order valence-corrected chi connectivity index (χ2v) is 8.76. The van der Waals surface area contributed by atoms with Crippen LogP contribution >= 0.6 is 0 Å². The molecule has 3 rings (SSSR count). The van der Waals surface area contributed by atoms with E-state index in [0.29, 0.717) is 10.4 Å². The molecule has 162 valence electrons. The van der Waals surface area contributed by atoms with Gasteiger partial charge in [-0.3, -0.25) is 4.79 Å². The quantitative estimate of drug-likeness (QED) is 0.727. The zero-order valence-electron chi connectivity index (χ0n) is 15.7. The van der Waals surface area contributed by atoms with Crippen LogP contribution in [-0.2, 0) is 21.0 Å². The molecular weight excluding hydrogens is 433 g/mol. The van der Waals surface area contributed by atoms with Crippen molar-refractivity contribution in [1.29, 1.82) is 0 Å². The van der Waals surface area contributed by atoms with E-state index in [1.165, 1.54) is 6.92 Å². The van der Waals surface area contributed by atoms with Gasteiger partial charge in [-0.2, -0.15) is 13.2 Å². The number of rotatable bonds is 3. The van der Waals surface area contributed by atoms with Gasteiger partial charge >= 0.3 is 6.18 Å². The lowest BCUT2D eigenvalue weighted by Gasteiger charge is -2.24. The standard InChI is InChI=1S/C18H16F5N3O3S/c1-9-7-11(18(21,22)23)8-15(24-9)26-14(5-6-30(26,28)29)17(27)25-13-4-3-12(19)10(2)16(13)20/h3-4,7-8,14H,5-6H2,1-2H3,(H,25,27)/t14-/m0/s1. The minimum atomic E-state index is -4.75. The normalized spacial score (nSPS) is 18.5. The van der Waals surface area contributed by atoms with Crippen LogP contribution in [0.25, 0.3) is 0 Å². The zero-order valence-corrected chi connectivity index (χ0v) is 16.5. The van der Waals surface area contributed by atoms with Crippen molar-refractivity contribution in [3.05, 3.63) is 52.7 Å². The molecule has 1 aliphatic rings. The van der Waals surface area contributed by atoms with Crippen LogP contribution in [0, 0.1) is 25.5 Å². The molecule has 1 N–H and O–H groups in total. The van der Waals surface area contributed by atoms with E-state index in [9.17, 15) is 35.2 Å². The number of nitrogens with one attached hydrogen (secondary N) is 1. The number of carbonyl (C=O) groups excluding carboxylic acids is 1. The molecule has 0 radical (unpaired) electrons. The Labute approximate surface area is 168 Å². The van der Waals surface area contributed by atoms with Gasteiger partial charge in [0.2, 0.25) is 15.9 Å². The van der Waals surface area contributed by atoms with Gasteiger partial charge in [0, 0.05) is 11.3 Å². The van der Waals surface area contributed by atoms with E-state index < -0.39 is 56.9 Å². The summed E-state index contributed by atoms with van der Waals surface area (Å²) in [4.78, 5) is 16.5. The van der Waals surface area contributed by atoms with Gasteiger partial charge in [0.15, 0.2) is 5.82 Å². The molecule has 1 aromatic carbocycles. The third-order valence-electron chi connectivity index (χ3n) is 4.61. The van der Waals surface area contributed by atoms with Crippen LogP contribution in [0.1, 0.15) is 23.2 Å². The molecule has 1 amide bonds. The summed E-state index contributed by atoms with van der Waals surface area (Å²) in [6, 6.07) is 1.73. The van der Waals surface area contributed by atoms with Gasteiger partial charge < -0.3 is 5.32 Å². The van der Waals surface area contributed by atoms with Crippen LogP contribution in [0.15, 0.2) is 24.3 Å². The van der Waals surface area contributed by atoms with Crippen LogP contribution in [0.3, 0.4) is 0 Å². The number of benzene rings is 1. The average Bonchev–Trinajstić information content (AvgIpc) is 2.96. The van der Waals surface area contributed by atoms with E-state index in [-0.39, 0.29) is 23.4 Å². The Morgan fingerprint density at radius 2 is 1.87 bits per heavy atom. The van der Waals surface area contributed by atoms with E-state index in [0.717, 1.165) is 25.1 Å². The molecule has 2 aromatic rings. The fraction of sp³-hybridized carbons (Fsp3) is 0.333. The maximum absolute atomic E-state index is 14.2. The lowest BCUT2D eigenvalue weighted by atomic mass is 10.1. The fourth-order valence-electron chi connectivity index (χ4n) is 3.11. The van der Waals surface area contributed by atoms with E-state index in [4.69, 9.17) is 0 Å². The summed E-state index contributed by atoms with van der Waals surface area (Å²) in [7, 11) is -4.14. The molecule has 30 heavy (non-hydrogen) atoms. The summed E-state index contributed by atoms with van der Waals surface area (Å²) in [6.07, 6.45) is -4.99. The van der Waals surface area contributed by atoms with Crippen LogP contribution < -0.4 is 9.62 Å². The predicted octanol–water partition coefficient (Wildman–Crippen LogP) is 3.54. The summed E-state index contributed by atoms with van der Waals surface area (Å²) in [6.45, 7) is 2.41. The van der Waals surface area contributed by atoms with Gasteiger partial charge in [-0.15, -0.1) is 0 Å². The van der Waals surface area contributed by atoms with Crippen LogP contribution in [-0.4, -0.2) is 31.1 Å². The molecule has 1 fully saturated rings. The molecule has 0 saturated carbocycles. The monoisotopic (exact) mass is 449 g/mol.